The number of hydrogen-bond donors (Lipinski definition) is 1. The van der Waals surface area contributed by atoms with Gasteiger partial charge in [-0.15, -0.1) is 0 Å². The van der Waals surface area contributed by atoms with Crippen molar-refractivity contribution in [3.05, 3.63) is 76.4 Å². The summed E-state index contributed by atoms with van der Waals surface area (Å²) < 4.78 is 10.6. The molecule has 1 amide bonds. The highest BCUT2D eigenvalue weighted by Gasteiger charge is 2.16. The second-order valence-corrected chi connectivity index (χ2v) is 6.20. The number of rotatable bonds is 6. The molecule has 2 aromatic carbocycles. The lowest BCUT2D eigenvalue weighted by molar-refractivity contribution is 0.0935. The van der Waals surface area contributed by atoms with Crippen molar-refractivity contribution in [2.75, 3.05) is 0 Å². The number of benzene rings is 2. The summed E-state index contributed by atoms with van der Waals surface area (Å²) in [6, 6.07) is 14.2. The quantitative estimate of drug-likeness (QED) is 0.705. The van der Waals surface area contributed by atoms with Gasteiger partial charge in [0.25, 0.3) is 5.91 Å². The van der Waals surface area contributed by atoms with Gasteiger partial charge in [0.2, 0.25) is 11.7 Å². The minimum atomic E-state index is -0.239. The van der Waals surface area contributed by atoms with Crippen LogP contribution in [0.15, 0.2) is 53.1 Å². The van der Waals surface area contributed by atoms with E-state index in [2.05, 4.69) is 15.5 Å². The number of para-hydroxylation sites is 1. The monoisotopic (exact) mass is 371 g/mol. The van der Waals surface area contributed by atoms with Crippen LogP contribution < -0.4 is 10.1 Å². The van der Waals surface area contributed by atoms with Crippen molar-refractivity contribution in [1.29, 1.82) is 0 Å². The number of carbonyl (C=O) groups is 1. The van der Waals surface area contributed by atoms with Crippen LogP contribution in [0.1, 0.15) is 40.6 Å². The third kappa shape index (κ3) is 4.40. The van der Waals surface area contributed by atoms with Gasteiger partial charge in [0.1, 0.15) is 5.75 Å². The number of aryl methyl sites for hydroxylation is 1. The van der Waals surface area contributed by atoms with Gasteiger partial charge in [0.15, 0.2) is 6.61 Å². The van der Waals surface area contributed by atoms with Crippen molar-refractivity contribution >= 4 is 17.5 Å². The van der Waals surface area contributed by atoms with E-state index in [0.717, 1.165) is 5.56 Å². The zero-order chi connectivity index (χ0) is 18.5. The number of hydrogen-bond acceptors (Lipinski definition) is 5. The molecule has 0 spiro atoms. The lowest BCUT2D eigenvalue weighted by Gasteiger charge is -2.16. The third-order valence-corrected chi connectivity index (χ3v) is 3.99. The molecule has 0 radical (unpaired) electrons. The number of amides is 1. The zero-order valence-electron chi connectivity index (χ0n) is 14.4. The predicted molar refractivity (Wildman–Crippen MR) is 97.1 cm³/mol. The molecule has 1 heterocycles. The summed E-state index contributed by atoms with van der Waals surface area (Å²) in [6.07, 6.45) is 0. The van der Waals surface area contributed by atoms with Gasteiger partial charge in [-0.05, 0) is 36.8 Å². The molecule has 134 valence electrons. The van der Waals surface area contributed by atoms with Gasteiger partial charge in [-0.2, -0.15) is 4.98 Å². The Hall–Kier alpha value is -2.86. The maximum absolute atomic E-state index is 12.7. The summed E-state index contributed by atoms with van der Waals surface area (Å²) in [5.41, 5.74) is 1.35. The maximum Gasteiger partial charge on any atom is 0.255 e. The highest BCUT2D eigenvalue weighted by atomic mass is 35.5. The normalized spacial score (nSPS) is 11.8. The fourth-order valence-electron chi connectivity index (χ4n) is 2.46. The van der Waals surface area contributed by atoms with Gasteiger partial charge < -0.3 is 14.6 Å². The fourth-order valence-corrected chi connectivity index (χ4v) is 2.65. The Kier molecular flexibility index (Phi) is 5.53. The van der Waals surface area contributed by atoms with Crippen molar-refractivity contribution in [3.63, 3.8) is 0 Å². The summed E-state index contributed by atoms with van der Waals surface area (Å²) in [5, 5.41) is 7.36. The Balaban J connectivity index is 1.71. The van der Waals surface area contributed by atoms with Gasteiger partial charge in [0.05, 0.1) is 11.6 Å². The van der Waals surface area contributed by atoms with Crippen molar-refractivity contribution < 1.29 is 14.1 Å². The maximum atomic E-state index is 12.7. The molecule has 0 saturated carbocycles. The molecule has 0 aliphatic heterocycles. The highest BCUT2D eigenvalue weighted by molar-refractivity contribution is 6.30. The van der Waals surface area contributed by atoms with Gasteiger partial charge in [-0.1, -0.05) is 41.0 Å². The van der Waals surface area contributed by atoms with E-state index in [4.69, 9.17) is 20.9 Å². The molecule has 0 saturated heterocycles. The summed E-state index contributed by atoms with van der Waals surface area (Å²) in [6.45, 7) is 3.72. The van der Waals surface area contributed by atoms with Crippen LogP contribution in [-0.2, 0) is 6.61 Å². The number of aromatic nitrogens is 2. The van der Waals surface area contributed by atoms with Crippen LogP contribution in [0.25, 0.3) is 0 Å². The first-order chi connectivity index (χ1) is 12.5. The van der Waals surface area contributed by atoms with Crippen LogP contribution in [0.4, 0.5) is 0 Å². The summed E-state index contributed by atoms with van der Waals surface area (Å²) in [7, 11) is 0. The van der Waals surface area contributed by atoms with Crippen LogP contribution >= 0.6 is 11.6 Å². The first kappa shape index (κ1) is 17.9. The van der Waals surface area contributed by atoms with E-state index in [0.29, 0.717) is 28.1 Å². The number of nitrogens with one attached hydrogen (secondary N) is 1. The minimum Gasteiger partial charge on any atom is -0.485 e. The first-order valence-electron chi connectivity index (χ1n) is 8.10. The third-order valence-electron chi connectivity index (χ3n) is 3.75. The zero-order valence-corrected chi connectivity index (χ0v) is 15.2. The van der Waals surface area contributed by atoms with Gasteiger partial charge in [-0.3, -0.25) is 4.79 Å². The van der Waals surface area contributed by atoms with E-state index >= 15 is 0 Å². The topological polar surface area (TPSA) is 77.2 Å². The molecule has 1 atom stereocenters. The Morgan fingerprint density at radius 3 is 2.81 bits per heavy atom. The second kappa shape index (κ2) is 8.01. The van der Waals surface area contributed by atoms with E-state index in [1.807, 2.05) is 25.1 Å². The van der Waals surface area contributed by atoms with E-state index in [9.17, 15) is 4.79 Å². The Morgan fingerprint density at radius 2 is 2.08 bits per heavy atom. The Morgan fingerprint density at radius 1 is 1.27 bits per heavy atom. The number of carbonyl (C=O) groups excluding carboxylic acids is 1. The van der Waals surface area contributed by atoms with E-state index in [1.54, 1.807) is 37.3 Å². The molecule has 3 aromatic rings. The lowest BCUT2D eigenvalue weighted by atomic mass is 10.1. The lowest BCUT2D eigenvalue weighted by Crippen LogP contribution is -2.27. The van der Waals surface area contributed by atoms with E-state index in [1.165, 1.54) is 0 Å². The molecule has 0 aliphatic rings. The van der Waals surface area contributed by atoms with E-state index in [-0.39, 0.29) is 18.6 Å². The van der Waals surface area contributed by atoms with Crippen LogP contribution in [0, 0.1) is 6.92 Å². The molecule has 0 aliphatic carbocycles. The largest absolute Gasteiger partial charge is 0.485 e. The standard InChI is InChI=1S/C19H18ClN3O3/c1-12(14-6-5-7-15(20)10-14)21-19(24)16-8-3-4-9-17(16)25-11-18-22-13(2)26-23-18/h3-10,12H,11H2,1-2H3,(H,21,24)/t12-/m1/s1. The molecular weight excluding hydrogens is 354 g/mol. The molecule has 7 heteroatoms. The first-order valence-corrected chi connectivity index (χ1v) is 8.48. The number of ether oxygens (including phenoxy) is 1. The molecule has 1 N–H and O–H groups in total. The molecule has 3 rings (SSSR count). The Bertz CT molecular complexity index is 910. The van der Waals surface area contributed by atoms with Crippen LogP contribution in [-0.4, -0.2) is 16.0 Å². The highest BCUT2D eigenvalue weighted by Crippen LogP contribution is 2.22. The molecule has 0 unspecified atom stereocenters. The fraction of sp³-hybridized carbons (Fsp3) is 0.211. The minimum absolute atomic E-state index is 0.117. The van der Waals surface area contributed by atoms with Gasteiger partial charge in [0, 0.05) is 11.9 Å². The average Bonchev–Trinajstić information content (AvgIpc) is 3.05. The molecule has 6 nitrogen and oxygen atoms in total. The molecule has 26 heavy (non-hydrogen) atoms. The van der Waals surface area contributed by atoms with Gasteiger partial charge >= 0.3 is 0 Å². The van der Waals surface area contributed by atoms with Crippen LogP contribution in [0.5, 0.6) is 5.75 Å². The van der Waals surface area contributed by atoms with E-state index < -0.39 is 0 Å². The van der Waals surface area contributed by atoms with Crippen LogP contribution in [0.3, 0.4) is 0 Å². The molecular formula is C19H18ClN3O3. The predicted octanol–water partition coefficient (Wildman–Crippen LogP) is 4.10. The average molecular weight is 372 g/mol. The van der Waals surface area contributed by atoms with Crippen molar-refractivity contribution in [1.82, 2.24) is 15.5 Å². The van der Waals surface area contributed by atoms with Crippen LogP contribution in [0.2, 0.25) is 5.02 Å². The number of nitrogens with zero attached hydrogens (tertiary/aromatic N) is 2. The van der Waals surface area contributed by atoms with Crippen molar-refractivity contribution in [3.8, 4) is 5.75 Å². The summed E-state index contributed by atoms with van der Waals surface area (Å²) in [4.78, 5) is 16.8. The Labute approximate surface area is 156 Å². The van der Waals surface area contributed by atoms with Crippen molar-refractivity contribution in [2.24, 2.45) is 0 Å². The second-order valence-electron chi connectivity index (χ2n) is 5.76. The molecule has 0 bridgehead atoms. The SMILES string of the molecule is Cc1nc(COc2ccccc2C(=O)N[C@H](C)c2cccc(Cl)c2)no1. The van der Waals surface area contributed by atoms with Gasteiger partial charge in [-0.25, -0.2) is 0 Å². The number of halogens is 1. The molecule has 0 fully saturated rings. The van der Waals surface area contributed by atoms with Crippen molar-refractivity contribution in [2.45, 2.75) is 26.5 Å². The summed E-state index contributed by atoms with van der Waals surface area (Å²) >= 11 is 6.02. The summed E-state index contributed by atoms with van der Waals surface area (Å²) in [5.74, 6) is 1.10. The molecule has 1 aromatic heterocycles. The smallest absolute Gasteiger partial charge is 0.255 e.